The predicted molar refractivity (Wildman–Crippen MR) is 296 cm³/mol. The van der Waals surface area contributed by atoms with Gasteiger partial charge in [0.1, 0.15) is 11.6 Å². The Bertz CT molecular complexity index is 3500. The third kappa shape index (κ3) is 9.00. The fourth-order valence-electron chi connectivity index (χ4n) is 10.9. The van der Waals surface area contributed by atoms with Gasteiger partial charge in [0.2, 0.25) is 0 Å². The molecule has 71 heavy (non-hydrogen) atoms. The van der Waals surface area contributed by atoms with E-state index in [9.17, 15) is 5.11 Å². The van der Waals surface area contributed by atoms with Gasteiger partial charge in [0.05, 0.1) is 28.0 Å². The van der Waals surface area contributed by atoms with E-state index in [-0.39, 0.29) is 16.6 Å². The number of hydrogen-bond donors (Lipinski definition) is 1. The number of aromatic hydroxyl groups is 1. The Balaban J connectivity index is 1.08. The first-order valence-electron chi connectivity index (χ1n) is 25.4. The molecule has 2 aromatic heterocycles. The van der Waals surface area contributed by atoms with Gasteiger partial charge in [-0.25, -0.2) is 4.98 Å². The Morgan fingerprint density at radius 3 is 1.82 bits per heavy atom. The van der Waals surface area contributed by atoms with Crippen molar-refractivity contribution in [2.24, 2.45) is 5.92 Å². The van der Waals surface area contributed by atoms with Gasteiger partial charge in [-0.1, -0.05) is 212 Å². The smallest absolute Gasteiger partial charge is 0.149 e. The Hall–Kier alpha value is -7.82. The van der Waals surface area contributed by atoms with Gasteiger partial charge in [-0.2, -0.15) is 0 Å². The fourth-order valence-corrected chi connectivity index (χ4v) is 10.9. The van der Waals surface area contributed by atoms with Crippen molar-refractivity contribution in [1.82, 2.24) is 14.5 Å². The normalized spacial score (nSPS) is 13.3. The Morgan fingerprint density at radius 1 is 0.493 bits per heavy atom. The van der Waals surface area contributed by atoms with Gasteiger partial charge < -0.3 is 5.11 Å². The summed E-state index contributed by atoms with van der Waals surface area (Å²) in [6, 6.07) is 71.4. The van der Waals surface area contributed by atoms with E-state index in [0.717, 1.165) is 78.9 Å². The molecule has 4 nitrogen and oxygen atoms in total. The van der Waals surface area contributed by atoms with Crippen molar-refractivity contribution in [3.8, 4) is 78.6 Å². The van der Waals surface area contributed by atoms with Crippen molar-refractivity contribution in [2.45, 2.75) is 77.6 Å². The lowest BCUT2D eigenvalue weighted by atomic mass is 9.78. The molecular weight excluding hydrogens is 863 g/mol. The molecule has 1 aliphatic carbocycles. The maximum absolute atomic E-state index is 12.4. The van der Waals surface area contributed by atoms with E-state index in [1.807, 2.05) is 54.7 Å². The monoisotopic (exact) mass is 923 g/mol. The molecule has 0 spiro atoms. The zero-order chi connectivity index (χ0) is 48.7. The molecule has 0 atom stereocenters. The number of rotatable bonds is 11. The van der Waals surface area contributed by atoms with Crippen molar-refractivity contribution in [1.29, 1.82) is 0 Å². The van der Waals surface area contributed by atoms with Crippen LogP contribution in [0.3, 0.4) is 0 Å². The third-order valence-corrected chi connectivity index (χ3v) is 15.0. The zero-order valence-electron chi connectivity index (χ0n) is 41.5. The molecule has 10 aromatic rings. The van der Waals surface area contributed by atoms with Crippen LogP contribution in [0.5, 0.6) is 5.75 Å². The number of aromatic nitrogens is 3. The molecular formula is C67H61N3O. The van der Waals surface area contributed by atoms with Crippen LogP contribution in [0.15, 0.2) is 206 Å². The SMILES string of the molecule is CC(C)(C)c1cc(-c2cc(-c3ccc(C(C)(C)c4ccccc4)cc3)ccn2)cc(-c2cccc3c2nc(-c2cccc(-c4ccccc4)c2O)n3-c2ccc(CC3CCCC3)cc2-c2ccccc2)c1. The molecule has 1 aliphatic rings. The number of fused-ring (bicyclic) bond motifs is 1. The number of para-hydroxylation sites is 2. The van der Waals surface area contributed by atoms with Crippen LogP contribution in [0.1, 0.15) is 82.6 Å². The molecule has 1 N–H and O–H groups in total. The lowest BCUT2D eigenvalue weighted by Crippen LogP contribution is -2.18. The number of hydrogen-bond acceptors (Lipinski definition) is 3. The van der Waals surface area contributed by atoms with Crippen molar-refractivity contribution < 1.29 is 5.11 Å². The number of imidazole rings is 1. The molecule has 0 aliphatic heterocycles. The summed E-state index contributed by atoms with van der Waals surface area (Å²) in [6.45, 7) is 11.4. The second-order valence-corrected chi connectivity index (χ2v) is 21.1. The number of nitrogens with zero attached hydrogens (tertiary/aromatic N) is 3. The third-order valence-electron chi connectivity index (χ3n) is 15.0. The lowest BCUT2D eigenvalue weighted by Gasteiger charge is -2.26. The van der Waals surface area contributed by atoms with E-state index >= 15 is 0 Å². The van der Waals surface area contributed by atoms with E-state index < -0.39 is 0 Å². The summed E-state index contributed by atoms with van der Waals surface area (Å²) in [5, 5.41) is 12.4. The molecule has 1 saturated carbocycles. The molecule has 8 aromatic carbocycles. The van der Waals surface area contributed by atoms with Crippen LogP contribution in [0.4, 0.5) is 0 Å². The molecule has 4 heteroatoms. The second kappa shape index (κ2) is 18.8. The average molecular weight is 924 g/mol. The summed E-state index contributed by atoms with van der Waals surface area (Å²) >= 11 is 0. The number of phenols is 1. The van der Waals surface area contributed by atoms with Crippen LogP contribution in [0, 0.1) is 5.92 Å². The van der Waals surface area contributed by atoms with Gasteiger partial charge in [0.15, 0.2) is 0 Å². The van der Waals surface area contributed by atoms with E-state index in [1.165, 1.54) is 47.9 Å². The summed E-state index contributed by atoms with van der Waals surface area (Å²) in [5.41, 5.74) is 18.7. The maximum Gasteiger partial charge on any atom is 0.149 e. The first kappa shape index (κ1) is 45.6. The highest BCUT2D eigenvalue weighted by Crippen LogP contribution is 2.45. The Morgan fingerprint density at radius 2 is 1.11 bits per heavy atom. The molecule has 0 unspecified atom stereocenters. The van der Waals surface area contributed by atoms with Gasteiger partial charge >= 0.3 is 0 Å². The summed E-state index contributed by atoms with van der Waals surface area (Å²) in [5.74, 6) is 1.60. The number of phenolic OH excluding ortho intramolecular Hbond substituents is 1. The maximum atomic E-state index is 12.4. The first-order chi connectivity index (χ1) is 34.5. The predicted octanol–water partition coefficient (Wildman–Crippen LogP) is 17.5. The highest BCUT2D eigenvalue weighted by Gasteiger charge is 2.26. The second-order valence-electron chi connectivity index (χ2n) is 21.1. The highest BCUT2D eigenvalue weighted by molar-refractivity contribution is 5.98. The van der Waals surface area contributed by atoms with E-state index in [4.69, 9.17) is 9.97 Å². The molecule has 11 rings (SSSR count). The molecule has 2 heterocycles. The molecule has 0 saturated heterocycles. The van der Waals surface area contributed by atoms with Gasteiger partial charge in [-0.3, -0.25) is 9.55 Å². The number of benzene rings is 8. The topological polar surface area (TPSA) is 50.9 Å². The van der Waals surface area contributed by atoms with Crippen LogP contribution in [0.25, 0.3) is 83.9 Å². The minimum absolute atomic E-state index is 0.123. The van der Waals surface area contributed by atoms with Crippen molar-refractivity contribution in [3.05, 3.63) is 229 Å². The quantitative estimate of drug-likeness (QED) is 0.141. The summed E-state index contributed by atoms with van der Waals surface area (Å²) in [6.07, 6.45) is 8.23. The first-order valence-corrected chi connectivity index (χ1v) is 25.4. The molecule has 0 radical (unpaired) electrons. The van der Waals surface area contributed by atoms with Crippen LogP contribution >= 0.6 is 0 Å². The van der Waals surface area contributed by atoms with E-state index in [1.54, 1.807) is 0 Å². The van der Waals surface area contributed by atoms with Crippen molar-refractivity contribution in [3.63, 3.8) is 0 Å². The summed E-state index contributed by atoms with van der Waals surface area (Å²) in [4.78, 5) is 10.7. The van der Waals surface area contributed by atoms with E-state index in [0.29, 0.717) is 17.3 Å². The Kier molecular flexibility index (Phi) is 12.1. The van der Waals surface area contributed by atoms with Crippen molar-refractivity contribution in [2.75, 3.05) is 0 Å². The molecule has 1 fully saturated rings. The molecule has 350 valence electrons. The van der Waals surface area contributed by atoms with Gasteiger partial charge in [0, 0.05) is 33.9 Å². The van der Waals surface area contributed by atoms with Gasteiger partial charge in [-0.05, 0) is 116 Å². The minimum atomic E-state index is -0.156. The standard InChI is InChI=1S/C67H61N3O/c1-66(2,3)55-42-51(41-52(43-55)60-44-50(37-38-68-60)47-32-34-54(35-33-47)67(4,5)53-25-13-8-14-26-53)56-27-18-30-62-63(56)69-65(58-29-17-28-57(64(58)71)48-21-9-6-10-22-48)70(62)61-36-31-46(39-45-19-15-16-20-45)40-59(61)49-23-11-7-12-24-49/h6-14,17-18,21-38,40-45,71H,15-16,19-20,39H2,1-5H3. The Labute approximate surface area is 419 Å². The van der Waals surface area contributed by atoms with Crippen LogP contribution in [-0.4, -0.2) is 19.6 Å². The fraction of sp³-hybridized carbons (Fsp3) is 0.194. The number of pyridine rings is 1. The average Bonchev–Trinajstić information content (AvgIpc) is 4.07. The van der Waals surface area contributed by atoms with Crippen LogP contribution in [-0.2, 0) is 17.3 Å². The van der Waals surface area contributed by atoms with Crippen LogP contribution in [0.2, 0.25) is 0 Å². The van der Waals surface area contributed by atoms with Gasteiger partial charge in [0.25, 0.3) is 0 Å². The van der Waals surface area contributed by atoms with Gasteiger partial charge in [-0.15, -0.1) is 0 Å². The highest BCUT2D eigenvalue weighted by atomic mass is 16.3. The zero-order valence-corrected chi connectivity index (χ0v) is 41.5. The minimum Gasteiger partial charge on any atom is -0.507 e. The molecule has 0 amide bonds. The largest absolute Gasteiger partial charge is 0.507 e. The summed E-state index contributed by atoms with van der Waals surface area (Å²) in [7, 11) is 0. The summed E-state index contributed by atoms with van der Waals surface area (Å²) < 4.78 is 2.29. The van der Waals surface area contributed by atoms with Crippen LogP contribution < -0.4 is 0 Å². The lowest BCUT2D eigenvalue weighted by molar-refractivity contribution is 0.479. The van der Waals surface area contributed by atoms with Crippen molar-refractivity contribution >= 4 is 11.0 Å². The molecule has 0 bridgehead atoms. The van der Waals surface area contributed by atoms with E-state index in [2.05, 4.69) is 191 Å².